The van der Waals surface area contributed by atoms with Crippen LogP contribution in [0.15, 0.2) is 60.7 Å². The van der Waals surface area contributed by atoms with Crippen LogP contribution in [0.25, 0.3) is 5.69 Å². The molecule has 1 aromatic heterocycles. The number of aromatic nitrogens is 2. The second-order valence-electron chi connectivity index (χ2n) is 8.63. The van der Waals surface area contributed by atoms with Crippen molar-refractivity contribution in [3.05, 3.63) is 77.6 Å². The van der Waals surface area contributed by atoms with Gasteiger partial charge in [0.1, 0.15) is 0 Å². The molecule has 1 fully saturated rings. The third-order valence-corrected chi connectivity index (χ3v) is 6.29. The quantitative estimate of drug-likeness (QED) is 0.527. The zero-order chi connectivity index (χ0) is 21.8. The first kappa shape index (κ1) is 21.3. The summed E-state index contributed by atoms with van der Waals surface area (Å²) >= 11 is 0. The molecule has 1 heterocycles. The van der Waals surface area contributed by atoms with Crippen molar-refractivity contribution in [3.8, 4) is 5.69 Å². The topological polar surface area (TPSA) is 50.2 Å². The highest BCUT2D eigenvalue weighted by atomic mass is 16.1. The summed E-state index contributed by atoms with van der Waals surface area (Å²) in [4.78, 5) is 15.3. The van der Waals surface area contributed by atoms with Gasteiger partial charge in [-0.1, -0.05) is 48.5 Å². The molecule has 5 nitrogen and oxygen atoms in total. The van der Waals surface area contributed by atoms with Gasteiger partial charge in [0.05, 0.1) is 22.8 Å². The number of carbonyl (C=O) groups is 1. The number of hydrogen-bond donors (Lipinski definition) is 1. The van der Waals surface area contributed by atoms with Crippen LogP contribution in [0.4, 0.5) is 5.69 Å². The predicted octanol–water partition coefficient (Wildman–Crippen LogP) is 5.12. The smallest absolute Gasteiger partial charge is 0.225 e. The zero-order valence-electron chi connectivity index (χ0n) is 18.7. The SMILES string of the molecule is Cc1nn(-c2ccccc2)c(C)c1NC(=O)CCN(Cc1ccccc1)C(C)C1CC1. The van der Waals surface area contributed by atoms with E-state index in [4.69, 9.17) is 0 Å². The Balaban J connectivity index is 1.41. The van der Waals surface area contributed by atoms with Crippen molar-refractivity contribution >= 4 is 11.6 Å². The molecule has 31 heavy (non-hydrogen) atoms. The second kappa shape index (κ2) is 9.48. The lowest BCUT2D eigenvalue weighted by molar-refractivity contribution is -0.116. The van der Waals surface area contributed by atoms with E-state index in [1.165, 1.54) is 18.4 Å². The molecule has 0 saturated heterocycles. The molecule has 0 spiro atoms. The Hall–Kier alpha value is -2.92. The molecule has 1 aliphatic rings. The maximum Gasteiger partial charge on any atom is 0.225 e. The largest absolute Gasteiger partial charge is 0.323 e. The fourth-order valence-electron chi connectivity index (χ4n) is 4.21. The predicted molar refractivity (Wildman–Crippen MR) is 125 cm³/mol. The molecule has 2 aromatic carbocycles. The van der Waals surface area contributed by atoms with Crippen LogP contribution in [0.3, 0.4) is 0 Å². The number of benzene rings is 2. The van der Waals surface area contributed by atoms with Gasteiger partial charge in [-0.3, -0.25) is 9.69 Å². The van der Waals surface area contributed by atoms with Crippen molar-refractivity contribution in [1.29, 1.82) is 0 Å². The number of nitrogens with zero attached hydrogens (tertiary/aromatic N) is 3. The van der Waals surface area contributed by atoms with Crippen molar-refractivity contribution in [2.45, 2.75) is 52.6 Å². The molecular formula is C26H32N4O. The van der Waals surface area contributed by atoms with E-state index in [-0.39, 0.29) is 5.91 Å². The lowest BCUT2D eigenvalue weighted by atomic mass is 10.1. The number of amides is 1. The molecule has 0 radical (unpaired) electrons. The van der Waals surface area contributed by atoms with Crippen LogP contribution in [0.1, 0.15) is 43.1 Å². The Labute approximate surface area is 185 Å². The minimum Gasteiger partial charge on any atom is -0.323 e. The molecule has 1 unspecified atom stereocenters. The first-order valence-electron chi connectivity index (χ1n) is 11.2. The van der Waals surface area contributed by atoms with Gasteiger partial charge in [0.25, 0.3) is 0 Å². The van der Waals surface area contributed by atoms with Gasteiger partial charge in [-0.15, -0.1) is 0 Å². The van der Waals surface area contributed by atoms with Crippen molar-refractivity contribution in [2.75, 3.05) is 11.9 Å². The van der Waals surface area contributed by atoms with E-state index in [0.29, 0.717) is 12.5 Å². The first-order valence-corrected chi connectivity index (χ1v) is 11.2. The molecular weight excluding hydrogens is 384 g/mol. The summed E-state index contributed by atoms with van der Waals surface area (Å²) < 4.78 is 1.89. The molecule has 1 amide bonds. The van der Waals surface area contributed by atoms with E-state index in [0.717, 1.165) is 41.8 Å². The Bertz CT molecular complexity index is 1010. The summed E-state index contributed by atoms with van der Waals surface area (Å²) in [6.45, 7) is 7.88. The van der Waals surface area contributed by atoms with Gasteiger partial charge in [0.2, 0.25) is 5.91 Å². The third kappa shape index (κ3) is 5.23. The van der Waals surface area contributed by atoms with Crippen LogP contribution in [-0.4, -0.2) is 33.2 Å². The van der Waals surface area contributed by atoms with Gasteiger partial charge in [0, 0.05) is 25.6 Å². The summed E-state index contributed by atoms with van der Waals surface area (Å²) in [6, 6.07) is 21.0. The number of hydrogen-bond acceptors (Lipinski definition) is 3. The number of carbonyl (C=O) groups excluding carboxylic acids is 1. The van der Waals surface area contributed by atoms with Crippen LogP contribution >= 0.6 is 0 Å². The molecule has 0 bridgehead atoms. The molecule has 5 heteroatoms. The van der Waals surface area contributed by atoms with Crippen LogP contribution in [0.5, 0.6) is 0 Å². The average molecular weight is 417 g/mol. The highest BCUT2D eigenvalue weighted by Crippen LogP contribution is 2.35. The second-order valence-corrected chi connectivity index (χ2v) is 8.63. The lowest BCUT2D eigenvalue weighted by Gasteiger charge is -2.29. The maximum atomic E-state index is 12.9. The Morgan fingerprint density at radius 3 is 2.39 bits per heavy atom. The highest BCUT2D eigenvalue weighted by molar-refractivity contribution is 5.92. The number of para-hydroxylation sites is 1. The molecule has 1 aliphatic carbocycles. The average Bonchev–Trinajstić information content (AvgIpc) is 3.60. The zero-order valence-corrected chi connectivity index (χ0v) is 18.7. The first-order chi connectivity index (χ1) is 15.0. The summed E-state index contributed by atoms with van der Waals surface area (Å²) in [5.74, 6) is 0.806. The van der Waals surface area contributed by atoms with E-state index in [1.807, 2.05) is 54.9 Å². The summed E-state index contributed by atoms with van der Waals surface area (Å²) in [5, 5.41) is 7.76. The fraction of sp³-hybridized carbons (Fsp3) is 0.385. The van der Waals surface area contributed by atoms with Crippen molar-refractivity contribution < 1.29 is 4.79 Å². The van der Waals surface area contributed by atoms with E-state index < -0.39 is 0 Å². The van der Waals surface area contributed by atoms with E-state index >= 15 is 0 Å². The molecule has 4 rings (SSSR count). The minimum absolute atomic E-state index is 0.0415. The van der Waals surface area contributed by atoms with Gasteiger partial charge >= 0.3 is 0 Å². The maximum absolute atomic E-state index is 12.9. The molecule has 0 aliphatic heterocycles. The van der Waals surface area contributed by atoms with Gasteiger partial charge in [0.15, 0.2) is 0 Å². The Morgan fingerprint density at radius 1 is 1.10 bits per heavy atom. The monoisotopic (exact) mass is 416 g/mol. The Morgan fingerprint density at radius 2 is 1.74 bits per heavy atom. The van der Waals surface area contributed by atoms with E-state index in [1.54, 1.807) is 0 Å². The lowest BCUT2D eigenvalue weighted by Crippen LogP contribution is -2.36. The van der Waals surface area contributed by atoms with Crippen LogP contribution < -0.4 is 5.32 Å². The van der Waals surface area contributed by atoms with Crippen LogP contribution in [0.2, 0.25) is 0 Å². The molecule has 1 N–H and O–H groups in total. The van der Waals surface area contributed by atoms with Gasteiger partial charge < -0.3 is 5.32 Å². The highest BCUT2D eigenvalue weighted by Gasteiger charge is 2.32. The number of aryl methyl sites for hydroxylation is 1. The van der Waals surface area contributed by atoms with Crippen molar-refractivity contribution in [3.63, 3.8) is 0 Å². The molecule has 1 saturated carbocycles. The Kier molecular flexibility index (Phi) is 6.52. The minimum atomic E-state index is 0.0415. The van der Waals surface area contributed by atoms with Crippen LogP contribution in [-0.2, 0) is 11.3 Å². The van der Waals surface area contributed by atoms with Gasteiger partial charge in [-0.25, -0.2) is 4.68 Å². The number of rotatable bonds is 9. The molecule has 1 atom stereocenters. The summed E-state index contributed by atoms with van der Waals surface area (Å²) in [5.41, 5.74) is 4.90. The van der Waals surface area contributed by atoms with Gasteiger partial charge in [-0.2, -0.15) is 5.10 Å². The van der Waals surface area contributed by atoms with E-state index in [2.05, 4.69) is 46.5 Å². The van der Waals surface area contributed by atoms with Crippen molar-refractivity contribution in [2.24, 2.45) is 5.92 Å². The normalized spacial score (nSPS) is 14.6. The van der Waals surface area contributed by atoms with Crippen molar-refractivity contribution in [1.82, 2.24) is 14.7 Å². The molecule has 162 valence electrons. The van der Waals surface area contributed by atoms with Gasteiger partial charge in [-0.05, 0) is 57.2 Å². The summed E-state index contributed by atoms with van der Waals surface area (Å²) in [6.07, 6.45) is 3.07. The van der Waals surface area contributed by atoms with E-state index in [9.17, 15) is 4.79 Å². The summed E-state index contributed by atoms with van der Waals surface area (Å²) in [7, 11) is 0. The number of anilines is 1. The fourth-order valence-corrected chi connectivity index (χ4v) is 4.21. The third-order valence-electron chi connectivity index (χ3n) is 6.29. The van der Waals surface area contributed by atoms with Crippen LogP contribution in [0, 0.1) is 19.8 Å². The molecule has 3 aromatic rings. The standard InChI is InChI=1S/C26H32N4O/c1-19-26(21(3)30(28-19)24-12-8-5-9-13-24)27-25(31)16-17-29(20(2)23-14-15-23)18-22-10-6-4-7-11-22/h4-13,20,23H,14-18H2,1-3H3,(H,27,31). The number of nitrogens with one attached hydrogen (secondary N) is 1.